The van der Waals surface area contributed by atoms with Crippen LogP contribution in [0.2, 0.25) is 0 Å². The number of rotatable bonds is 12. The second kappa shape index (κ2) is 12.4. The maximum atomic E-state index is 5.94. The van der Waals surface area contributed by atoms with Gasteiger partial charge in [-0.1, -0.05) is 36.0 Å². The Kier molecular flexibility index (Phi) is 8.81. The fourth-order valence-corrected chi connectivity index (χ4v) is 4.51. The number of aromatic nitrogens is 2. The van der Waals surface area contributed by atoms with Gasteiger partial charge in [-0.15, -0.1) is 10.2 Å². The van der Waals surface area contributed by atoms with E-state index in [1.165, 1.54) is 5.56 Å². The van der Waals surface area contributed by atoms with Crippen LogP contribution in [0.3, 0.4) is 0 Å². The molecule has 0 unspecified atom stereocenters. The zero-order valence-corrected chi connectivity index (χ0v) is 21.3. The van der Waals surface area contributed by atoms with Crippen molar-refractivity contribution in [1.82, 2.24) is 15.1 Å². The first-order chi connectivity index (χ1) is 17.1. The van der Waals surface area contributed by atoms with Gasteiger partial charge in [0.1, 0.15) is 10.8 Å². The van der Waals surface area contributed by atoms with E-state index < -0.39 is 0 Å². The second-order valence-electron chi connectivity index (χ2n) is 8.26. The smallest absolute Gasteiger partial charge is 0.160 e. The number of methoxy groups -OCH3 is 2. The minimum Gasteiger partial charge on any atom is -0.494 e. The van der Waals surface area contributed by atoms with Crippen LogP contribution in [0.15, 0.2) is 82.7 Å². The Bertz CT molecular complexity index is 1230. The summed E-state index contributed by atoms with van der Waals surface area (Å²) in [7, 11) is 5.46. The van der Waals surface area contributed by atoms with Gasteiger partial charge in [-0.05, 0) is 74.0 Å². The maximum Gasteiger partial charge on any atom is 0.160 e. The number of hydrogen-bond acceptors (Lipinski definition) is 7. The molecule has 4 aromatic rings. The van der Waals surface area contributed by atoms with Gasteiger partial charge in [0, 0.05) is 23.4 Å². The third-order valence-electron chi connectivity index (χ3n) is 5.70. The zero-order chi connectivity index (χ0) is 24.5. The van der Waals surface area contributed by atoms with Crippen LogP contribution < -0.4 is 14.2 Å². The molecule has 0 saturated carbocycles. The Balaban J connectivity index is 1.17. The minimum atomic E-state index is 0.684. The third-order valence-corrected chi connectivity index (χ3v) is 6.62. The topological polar surface area (TPSA) is 56.7 Å². The van der Waals surface area contributed by atoms with Crippen LogP contribution in [0, 0.1) is 0 Å². The lowest BCUT2D eigenvalue weighted by molar-refractivity contribution is 0.264. The van der Waals surface area contributed by atoms with Crippen LogP contribution in [0.25, 0.3) is 10.9 Å². The van der Waals surface area contributed by atoms with Crippen LogP contribution >= 0.6 is 11.8 Å². The van der Waals surface area contributed by atoms with Gasteiger partial charge in [0.25, 0.3) is 0 Å². The molecule has 3 aromatic carbocycles. The molecule has 1 aromatic heterocycles. The van der Waals surface area contributed by atoms with Gasteiger partial charge >= 0.3 is 0 Å². The minimum absolute atomic E-state index is 0.684. The summed E-state index contributed by atoms with van der Waals surface area (Å²) in [6, 6.07) is 24.3. The van der Waals surface area contributed by atoms with Crippen molar-refractivity contribution >= 4 is 22.7 Å². The third kappa shape index (κ3) is 7.10. The van der Waals surface area contributed by atoms with Crippen LogP contribution in [0.5, 0.6) is 17.2 Å². The number of ether oxygens (including phenoxy) is 3. The lowest BCUT2D eigenvalue weighted by Gasteiger charge is -2.17. The summed E-state index contributed by atoms with van der Waals surface area (Å²) in [4.78, 5) is 3.43. The molecule has 0 aliphatic heterocycles. The Morgan fingerprint density at radius 3 is 2.43 bits per heavy atom. The van der Waals surface area contributed by atoms with E-state index in [1.807, 2.05) is 42.5 Å². The average molecular weight is 490 g/mol. The van der Waals surface area contributed by atoms with Crippen molar-refractivity contribution in [2.75, 3.05) is 41.0 Å². The highest BCUT2D eigenvalue weighted by Crippen LogP contribution is 2.29. The molecule has 0 bridgehead atoms. The summed E-state index contributed by atoms with van der Waals surface area (Å²) in [5.41, 5.74) is 2.14. The number of fused-ring (bicyclic) bond motifs is 1. The summed E-state index contributed by atoms with van der Waals surface area (Å²) in [5, 5.41) is 10.6. The molecular formula is C28H31N3O3S. The Labute approximate surface area is 211 Å². The summed E-state index contributed by atoms with van der Waals surface area (Å²) in [6.45, 7) is 2.63. The quantitative estimate of drug-likeness (QED) is 0.235. The molecular weight excluding hydrogens is 458 g/mol. The number of nitrogens with zero attached hydrogens (tertiary/aromatic N) is 3. The highest BCUT2D eigenvalue weighted by atomic mass is 32.2. The standard InChI is InChI=1S/C28H31N3O3S/c1-31(17-15-21-9-14-26(32-2)27(19-21)33-3)16-6-18-34-23-10-12-24(13-11-23)35-28-20-22-7-4-5-8-25(22)29-30-28/h4-5,7-14,19-20H,6,15-18H2,1-3H3. The van der Waals surface area contributed by atoms with E-state index >= 15 is 0 Å². The summed E-state index contributed by atoms with van der Waals surface area (Å²) in [6.07, 6.45) is 1.92. The van der Waals surface area contributed by atoms with E-state index in [9.17, 15) is 0 Å². The van der Waals surface area contributed by atoms with Crippen LogP contribution in [-0.4, -0.2) is 56.1 Å². The first kappa shape index (κ1) is 24.8. The van der Waals surface area contributed by atoms with E-state index in [2.05, 4.69) is 52.5 Å². The molecule has 0 aliphatic carbocycles. The predicted molar refractivity (Wildman–Crippen MR) is 141 cm³/mol. The van der Waals surface area contributed by atoms with E-state index in [-0.39, 0.29) is 0 Å². The molecule has 0 atom stereocenters. The van der Waals surface area contributed by atoms with Gasteiger partial charge in [-0.25, -0.2) is 0 Å². The predicted octanol–water partition coefficient (Wildman–Crippen LogP) is 5.74. The van der Waals surface area contributed by atoms with Crippen molar-refractivity contribution in [2.45, 2.75) is 22.8 Å². The molecule has 4 rings (SSSR count). The average Bonchev–Trinajstić information content (AvgIpc) is 2.90. The molecule has 1 heterocycles. The Hall–Kier alpha value is -3.29. The van der Waals surface area contributed by atoms with Crippen molar-refractivity contribution in [2.24, 2.45) is 0 Å². The van der Waals surface area contributed by atoms with Gasteiger partial charge in [0.05, 0.1) is 26.3 Å². The fraction of sp³-hybridized carbons (Fsp3) is 0.286. The molecule has 0 saturated heterocycles. The lowest BCUT2D eigenvalue weighted by atomic mass is 10.1. The lowest BCUT2D eigenvalue weighted by Crippen LogP contribution is -2.23. The monoisotopic (exact) mass is 489 g/mol. The van der Waals surface area contributed by atoms with Crippen LogP contribution in [0.1, 0.15) is 12.0 Å². The van der Waals surface area contributed by atoms with Gasteiger partial charge in [0.2, 0.25) is 0 Å². The zero-order valence-electron chi connectivity index (χ0n) is 20.4. The van der Waals surface area contributed by atoms with Crippen LogP contribution in [-0.2, 0) is 6.42 Å². The summed E-state index contributed by atoms with van der Waals surface area (Å²) < 4.78 is 16.6. The molecule has 6 nitrogen and oxygen atoms in total. The van der Waals surface area contributed by atoms with E-state index in [1.54, 1.807) is 26.0 Å². The summed E-state index contributed by atoms with van der Waals surface area (Å²) in [5.74, 6) is 2.42. The molecule has 0 spiro atoms. The molecule has 35 heavy (non-hydrogen) atoms. The largest absolute Gasteiger partial charge is 0.494 e. The molecule has 0 N–H and O–H groups in total. The first-order valence-corrected chi connectivity index (χ1v) is 12.5. The van der Waals surface area contributed by atoms with Crippen molar-refractivity contribution < 1.29 is 14.2 Å². The van der Waals surface area contributed by atoms with Crippen LogP contribution in [0.4, 0.5) is 0 Å². The number of hydrogen-bond donors (Lipinski definition) is 0. The van der Waals surface area contributed by atoms with E-state index in [0.29, 0.717) is 6.61 Å². The van der Waals surface area contributed by atoms with Gasteiger partial charge < -0.3 is 19.1 Å². The second-order valence-corrected chi connectivity index (χ2v) is 9.35. The van der Waals surface area contributed by atoms with Crippen molar-refractivity contribution in [1.29, 1.82) is 0 Å². The molecule has 0 aliphatic rings. The first-order valence-electron chi connectivity index (χ1n) is 11.7. The SMILES string of the molecule is COc1ccc(CCN(C)CCCOc2ccc(Sc3cc4ccccc4nn3)cc2)cc1OC. The fourth-order valence-electron chi connectivity index (χ4n) is 3.73. The van der Waals surface area contributed by atoms with Gasteiger partial charge in [-0.3, -0.25) is 0 Å². The van der Waals surface area contributed by atoms with Gasteiger partial charge in [0.15, 0.2) is 11.5 Å². The number of benzene rings is 3. The van der Waals surface area contributed by atoms with Gasteiger partial charge in [-0.2, -0.15) is 0 Å². The van der Waals surface area contributed by atoms with Crippen molar-refractivity contribution in [3.63, 3.8) is 0 Å². The Morgan fingerprint density at radius 2 is 1.63 bits per heavy atom. The van der Waals surface area contributed by atoms with E-state index in [4.69, 9.17) is 14.2 Å². The maximum absolute atomic E-state index is 5.94. The highest BCUT2D eigenvalue weighted by molar-refractivity contribution is 7.99. The summed E-state index contributed by atoms with van der Waals surface area (Å²) >= 11 is 1.60. The van der Waals surface area contributed by atoms with Crippen molar-refractivity contribution in [3.8, 4) is 17.2 Å². The number of likely N-dealkylation sites (N-methyl/N-ethyl adjacent to an activating group) is 1. The molecule has 0 amide bonds. The normalized spacial score (nSPS) is 11.1. The Morgan fingerprint density at radius 1 is 0.829 bits per heavy atom. The molecule has 7 heteroatoms. The van der Waals surface area contributed by atoms with Crippen molar-refractivity contribution in [3.05, 3.63) is 78.4 Å². The highest BCUT2D eigenvalue weighted by Gasteiger charge is 2.07. The molecule has 182 valence electrons. The van der Waals surface area contributed by atoms with E-state index in [0.717, 1.165) is 64.0 Å². The molecule has 0 fully saturated rings. The molecule has 0 radical (unpaired) electrons.